The van der Waals surface area contributed by atoms with Crippen molar-refractivity contribution in [3.05, 3.63) is 30.1 Å². The molecule has 6 nitrogen and oxygen atoms in total. The summed E-state index contributed by atoms with van der Waals surface area (Å²) in [5, 5.41) is 0. The van der Waals surface area contributed by atoms with Crippen molar-refractivity contribution >= 4 is 28.1 Å². The molecular formula is C10H10N2O4S. The SMILES string of the molecule is CC(=O)On1cnc2cccc(CS(=O)O)c21. The van der Waals surface area contributed by atoms with Gasteiger partial charge in [0.1, 0.15) is 11.8 Å². The predicted molar refractivity (Wildman–Crippen MR) is 61.5 cm³/mol. The van der Waals surface area contributed by atoms with Gasteiger partial charge >= 0.3 is 5.97 Å². The topological polar surface area (TPSA) is 81.4 Å². The molecule has 0 saturated carbocycles. The Labute approximate surface area is 99.5 Å². The van der Waals surface area contributed by atoms with Gasteiger partial charge in [0.25, 0.3) is 0 Å². The minimum atomic E-state index is -1.96. The molecule has 1 unspecified atom stereocenters. The van der Waals surface area contributed by atoms with Gasteiger partial charge in [0.2, 0.25) is 0 Å². The summed E-state index contributed by atoms with van der Waals surface area (Å²) in [6.07, 6.45) is 1.36. The minimum absolute atomic E-state index is 0.0374. The summed E-state index contributed by atoms with van der Waals surface area (Å²) >= 11 is -1.96. The first-order valence-electron chi connectivity index (χ1n) is 4.79. The van der Waals surface area contributed by atoms with E-state index in [0.29, 0.717) is 16.6 Å². The van der Waals surface area contributed by atoms with Crippen molar-refractivity contribution in [3.8, 4) is 0 Å². The maximum atomic E-state index is 10.9. The van der Waals surface area contributed by atoms with Crippen LogP contribution in [0.1, 0.15) is 12.5 Å². The third kappa shape index (κ3) is 2.51. The molecule has 2 aromatic rings. The van der Waals surface area contributed by atoms with E-state index in [-0.39, 0.29) is 5.75 Å². The molecule has 0 amide bonds. The van der Waals surface area contributed by atoms with Gasteiger partial charge in [-0.3, -0.25) is 0 Å². The zero-order chi connectivity index (χ0) is 12.4. The summed E-state index contributed by atoms with van der Waals surface area (Å²) in [6.45, 7) is 1.28. The van der Waals surface area contributed by atoms with Crippen LogP contribution in [0.4, 0.5) is 0 Å². The smallest absolute Gasteiger partial charge is 0.329 e. The van der Waals surface area contributed by atoms with E-state index in [4.69, 9.17) is 9.39 Å². The maximum Gasteiger partial charge on any atom is 0.329 e. The normalized spacial score (nSPS) is 12.6. The Kier molecular flexibility index (Phi) is 3.21. The lowest BCUT2D eigenvalue weighted by Crippen LogP contribution is -2.16. The van der Waals surface area contributed by atoms with Crippen LogP contribution < -0.4 is 4.84 Å². The van der Waals surface area contributed by atoms with Crippen LogP contribution in [-0.2, 0) is 21.6 Å². The number of carbonyl (C=O) groups excluding carboxylic acids is 1. The minimum Gasteiger partial charge on any atom is -0.335 e. The summed E-state index contributed by atoms with van der Waals surface area (Å²) in [5.41, 5.74) is 1.74. The highest BCUT2D eigenvalue weighted by Crippen LogP contribution is 2.18. The van der Waals surface area contributed by atoms with Gasteiger partial charge in [-0.15, -0.1) is 0 Å². The van der Waals surface area contributed by atoms with Crippen molar-refractivity contribution in [2.45, 2.75) is 12.7 Å². The highest BCUT2D eigenvalue weighted by atomic mass is 32.2. The third-order valence-corrected chi connectivity index (χ3v) is 2.68. The van der Waals surface area contributed by atoms with Gasteiger partial charge in [-0.25, -0.2) is 14.0 Å². The lowest BCUT2D eigenvalue weighted by molar-refractivity contribution is -0.141. The van der Waals surface area contributed by atoms with Gasteiger partial charge in [0.05, 0.1) is 11.3 Å². The molecule has 1 heterocycles. The van der Waals surface area contributed by atoms with Crippen LogP contribution in [-0.4, -0.2) is 24.4 Å². The number of para-hydroxylation sites is 1. The number of benzene rings is 1. The van der Waals surface area contributed by atoms with Crippen LogP contribution >= 0.6 is 0 Å². The quantitative estimate of drug-likeness (QED) is 0.817. The predicted octanol–water partition coefficient (Wildman–Crippen LogP) is 0.733. The molecule has 2 rings (SSSR count). The van der Waals surface area contributed by atoms with Crippen LogP contribution in [0.25, 0.3) is 11.0 Å². The summed E-state index contributed by atoms with van der Waals surface area (Å²) in [4.78, 5) is 19.9. The van der Waals surface area contributed by atoms with Gasteiger partial charge < -0.3 is 9.39 Å². The largest absolute Gasteiger partial charge is 0.335 e. The number of rotatable bonds is 3. The van der Waals surface area contributed by atoms with Gasteiger partial charge in [0.15, 0.2) is 11.1 Å². The molecule has 7 heteroatoms. The van der Waals surface area contributed by atoms with E-state index in [1.807, 2.05) is 0 Å². The van der Waals surface area contributed by atoms with Crippen molar-refractivity contribution in [2.75, 3.05) is 0 Å². The lowest BCUT2D eigenvalue weighted by atomic mass is 10.2. The fraction of sp³-hybridized carbons (Fsp3) is 0.200. The standard InChI is InChI=1S/C10H10N2O4S/c1-7(13)16-12-6-11-9-4-2-3-8(10(9)12)5-17(14)15/h2-4,6H,5H2,1H3,(H,14,15). The van der Waals surface area contributed by atoms with E-state index >= 15 is 0 Å². The monoisotopic (exact) mass is 254 g/mol. The Bertz CT molecular complexity index is 593. The second-order valence-electron chi connectivity index (χ2n) is 3.40. The molecule has 17 heavy (non-hydrogen) atoms. The summed E-state index contributed by atoms with van der Waals surface area (Å²) in [7, 11) is 0. The Hall–Kier alpha value is -1.73. The van der Waals surface area contributed by atoms with Gasteiger partial charge in [-0.1, -0.05) is 12.1 Å². The molecule has 0 saturated heterocycles. The van der Waals surface area contributed by atoms with E-state index in [1.54, 1.807) is 18.2 Å². The maximum absolute atomic E-state index is 10.9. The van der Waals surface area contributed by atoms with Gasteiger partial charge in [0, 0.05) is 6.92 Å². The van der Waals surface area contributed by atoms with Gasteiger partial charge in [-0.05, 0) is 11.6 Å². The molecule has 0 radical (unpaired) electrons. The zero-order valence-electron chi connectivity index (χ0n) is 8.99. The Morgan fingerprint density at radius 3 is 3.00 bits per heavy atom. The number of carbonyl (C=O) groups is 1. The first kappa shape index (κ1) is 11.7. The first-order valence-corrected chi connectivity index (χ1v) is 6.07. The highest BCUT2D eigenvalue weighted by Gasteiger charge is 2.11. The molecule has 1 aromatic heterocycles. The molecule has 90 valence electrons. The van der Waals surface area contributed by atoms with Crippen LogP contribution in [0.5, 0.6) is 0 Å². The summed E-state index contributed by atoms with van der Waals surface area (Å²) < 4.78 is 21.0. The first-order chi connectivity index (χ1) is 8.08. The average molecular weight is 254 g/mol. The molecule has 0 bridgehead atoms. The fourth-order valence-corrected chi connectivity index (χ4v) is 2.06. The summed E-state index contributed by atoms with van der Waals surface area (Å²) in [6, 6.07) is 5.16. The fourth-order valence-electron chi connectivity index (χ4n) is 1.57. The van der Waals surface area contributed by atoms with E-state index < -0.39 is 17.0 Å². The van der Waals surface area contributed by atoms with Crippen LogP contribution in [0.15, 0.2) is 24.5 Å². The van der Waals surface area contributed by atoms with E-state index in [2.05, 4.69) is 4.98 Å². The van der Waals surface area contributed by atoms with Gasteiger partial charge in [-0.2, -0.15) is 4.73 Å². The van der Waals surface area contributed by atoms with Crippen molar-refractivity contribution in [1.82, 2.24) is 9.71 Å². The number of hydrogen-bond donors (Lipinski definition) is 1. The molecule has 1 N–H and O–H groups in total. The molecule has 0 aliphatic heterocycles. The zero-order valence-corrected chi connectivity index (χ0v) is 9.81. The summed E-state index contributed by atoms with van der Waals surface area (Å²) in [5.74, 6) is -0.520. The molecule has 0 fully saturated rings. The third-order valence-electron chi connectivity index (χ3n) is 2.13. The molecule has 0 aliphatic carbocycles. The molecule has 0 spiro atoms. The second-order valence-corrected chi connectivity index (χ2v) is 4.34. The van der Waals surface area contributed by atoms with E-state index in [0.717, 1.165) is 0 Å². The van der Waals surface area contributed by atoms with Crippen LogP contribution in [0.2, 0.25) is 0 Å². The molecule has 0 aliphatic rings. The number of nitrogens with zero attached hydrogens (tertiary/aromatic N) is 2. The molecule has 1 aromatic carbocycles. The average Bonchev–Trinajstić information content (AvgIpc) is 2.61. The van der Waals surface area contributed by atoms with Crippen LogP contribution in [0, 0.1) is 0 Å². The number of fused-ring (bicyclic) bond motifs is 1. The Morgan fingerprint density at radius 2 is 2.35 bits per heavy atom. The molecular weight excluding hydrogens is 244 g/mol. The van der Waals surface area contributed by atoms with E-state index in [9.17, 15) is 9.00 Å². The number of imidazole rings is 1. The Morgan fingerprint density at radius 1 is 1.59 bits per heavy atom. The van der Waals surface area contributed by atoms with E-state index in [1.165, 1.54) is 18.0 Å². The number of aromatic nitrogens is 2. The molecule has 1 atom stereocenters. The lowest BCUT2D eigenvalue weighted by Gasteiger charge is -2.05. The van der Waals surface area contributed by atoms with Crippen molar-refractivity contribution in [2.24, 2.45) is 0 Å². The van der Waals surface area contributed by atoms with Crippen molar-refractivity contribution < 1.29 is 18.4 Å². The van der Waals surface area contributed by atoms with Crippen LogP contribution in [0.3, 0.4) is 0 Å². The van der Waals surface area contributed by atoms with Crippen molar-refractivity contribution in [3.63, 3.8) is 0 Å². The highest BCUT2D eigenvalue weighted by molar-refractivity contribution is 7.78. The van der Waals surface area contributed by atoms with Crippen molar-refractivity contribution in [1.29, 1.82) is 0 Å². The Balaban J connectivity index is 2.54. The number of hydrogen-bond acceptors (Lipinski definition) is 4. The second kappa shape index (κ2) is 4.64.